The van der Waals surface area contributed by atoms with Crippen LogP contribution in [0.4, 0.5) is 23.4 Å². The van der Waals surface area contributed by atoms with Gasteiger partial charge in [0.05, 0.1) is 4.90 Å². The van der Waals surface area contributed by atoms with Gasteiger partial charge in [0.15, 0.2) is 0 Å². The topological polar surface area (TPSA) is 66.4 Å². The second kappa shape index (κ2) is 7.28. The number of aryl methyl sites for hydroxylation is 2. The van der Waals surface area contributed by atoms with E-state index in [0.717, 1.165) is 18.2 Å². The van der Waals surface area contributed by atoms with Crippen molar-refractivity contribution in [2.45, 2.75) is 24.9 Å². The van der Waals surface area contributed by atoms with E-state index in [2.05, 4.69) is 9.97 Å². The van der Waals surface area contributed by atoms with Gasteiger partial charge in [-0.1, -0.05) is 0 Å². The minimum atomic E-state index is -4.59. The molecule has 28 heavy (non-hydrogen) atoms. The molecule has 1 fully saturated rings. The Morgan fingerprint density at radius 2 is 1.64 bits per heavy atom. The van der Waals surface area contributed by atoms with Crippen molar-refractivity contribution in [1.29, 1.82) is 0 Å². The minimum absolute atomic E-state index is 0.0122. The van der Waals surface area contributed by atoms with Crippen molar-refractivity contribution in [2.24, 2.45) is 0 Å². The molecule has 2 aromatic rings. The summed E-state index contributed by atoms with van der Waals surface area (Å²) in [6, 6.07) is 4.31. The number of benzene rings is 1. The normalized spacial score (nSPS) is 16.4. The number of aromatic nitrogens is 2. The second-order valence-corrected chi connectivity index (χ2v) is 8.36. The molecule has 1 aliphatic heterocycles. The predicted molar refractivity (Wildman–Crippen MR) is 93.9 cm³/mol. The van der Waals surface area contributed by atoms with Crippen LogP contribution in [0.3, 0.4) is 0 Å². The van der Waals surface area contributed by atoms with Crippen molar-refractivity contribution in [2.75, 3.05) is 31.1 Å². The zero-order chi connectivity index (χ0) is 20.7. The molecule has 3 rings (SSSR count). The monoisotopic (exact) mass is 418 g/mol. The largest absolute Gasteiger partial charge is 0.433 e. The average molecular weight is 418 g/mol. The Hall–Kier alpha value is -2.27. The lowest BCUT2D eigenvalue weighted by atomic mass is 10.2. The molecule has 0 N–H and O–H groups in total. The van der Waals surface area contributed by atoms with Crippen molar-refractivity contribution >= 4 is 15.8 Å². The molecule has 152 valence electrons. The smallest absolute Gasteiger partial charge is 0.354 e. The Kier molecular flexibility index (Phi) is 5.32. The lowest BCUT2D eigenvalue weighted by molar-refractivity contribution is -0.141. The Bertz CT molecular complexity index is 987. The van der Waals surface area contributed by atoms with Gasteiger partial charge in [0.1, 0.15) is 23.2 Å². The zero-order valence-corrected chi connectivity index (χ0v) is 16.0. The highest BCUT2D eigenvalue weighted by molar-refractivity contribution is 7.89. The number of halogens is 4. The molecule has 2 heterocycles. The lowest BCUT2D eigenvalue weighted by Crippen LogP contribution is -2.49. The fourth-order valence-corrected chi connectivity index (χ4v) is 4.69. The fourth-order valence-electron chi connectivity index (χ4n) is 3.06. The van der Waals surface area contributed by atoms with E-state index in [9.17, 15) is 26.0 Å². The van der Waals surface area contributed by atoms with E-state index in [4.69, 9.17) is 0 Å². The highest BCUT2D eigenvalue weighted by Gasteiger charge is 2.35. The Balaban J connectivity index is 1.79. The van der Waals surface area contributed by atoms with Crippen LogP contribution in [0.5, 0.6) is 0 Å². The molecule has 1 aromatic carbocycles. The SMILES string of the molecule is Cc1nc(N2CCN(S(=O)(=O)c3ccc(F)cc3C)CC2)cc(C(F)(F)F)n1. The number of piperazine rings is 1. The van der Waals surface area contributed by atoms with Crippen LogP contribution < -0.4 is 4.90 Å². The van der Waals surface area contributed by atoms with Gasteiger partial charge in [-0.25, -0.2) is 22.8 Å². The van der Waals surface area contributed by atoms with E-state index in [1.807, 2.05) is 0 Å². The first kappa shape index (κ1) is 20.5. The zero-order valence-electron chi connectivity index (χ0n) is 15.2. The maximum atomic E-state index is 13.3. The predicted octanol–water partition coefficient (Wildman–Crippen LogP) is 2.76. The van der Waals surface area contributed by atoms with Gasteiger partial charge < -0.3 is 4.90 Å². The van der Waals surface area contributed by atoms with Gasteiger partial charge in [-0.05, 0) is 37.6 Å². The van der Waals surface area contributed by atoms with Crippen molar-refractivity contribution in [3.05, 3.63) is 47.2 Å². The molecule has 0 saturated carbocycles. The van der Waals surface area contributed by atoms with Crippen LogP contribution in [-0.4, -0.2) is 48.9 Å². The number of rotatable bonds is 3. The summed E-state index contributed by atoms with van der Waals surface area (Å²) in [6.45, 7) is 3.37. The van der Waals surface area contributed by atoms with Crippen LogP contribution in [0, 0.1) is 19.7 Å². The highest BCUT2D eigenvalue weighted by atomic mass is 32.2. The van der Waals surface area contributed by atoms with Gasteiger partial charge >= 0.3 is 6.18 Å². The summed E-state index contributed by atoms with van der Waals surface area (Å²) >= 11 is 0. The van der Waals surface area contributed by atoms with Crippen LogP contribution in [0.25, 0.3) is 0 Å². The van der Waals surface area contributed by atoms with Crippen LogP contribution in [0.2, 0.25) is 0 Å². The summed E-state index contributed by atoms with van der Waals surface area (Å²) in [5.41, 5.74) is -0.740. The Morgan fingerprint density at radius 1 is 1.00 bits per heavy atom. The lowest BCUT2D eigenvalue weighted by Gasteiger charge is -2.35. The van der Waals surface area contributed by atoms with Crippen LogP contribution in [-0.2, 0) is 16.2 Å². The molecule has 0 bridgehead atoms. The number of hydrogen-bond donors (Lipinski definition) is 0. The number of alkyl halides is 3. The molecule has 1 aromatic heterocycles. The molecule has 11 heteroatoms. The van der Waals surface area contributed by atoms with Crippen LogP contribution in [0.1, 0.15) is 17.1 Å². The Morgan fingerprint density at radius 3 is 2.21 bits per heavy atom. The van der Waals surface area contributed by atoms with E-state index in [-0.39, 0.29) is 42.7 Å². The molecule has 0 unspecified atom stereocenters. The first-order valence-corrected chi connectivity index (χ1v) is 9.86. The van der Waals surface area contributed by atoms with E-state index in [1.165, 1.54) is 24.2 Å². The van der Waals surface area contributed by atoms with E-state index in [1.54, 1.807) is 4.90 Å². The number of anilines is 1. The molecule has 0 spiro atoms. The van der Waals surface area contributed by atoms with Crippen LogP contribution in [0.15, 0.2) is 29.2 Å². The molecule has 1 aliphatic rings. The summed E-state index contributed by atoms with van der Waals surface area (Å²) in [5, 5.41) is 0. The standard InChI is InChI=1S/C17H18F4N4O2S/c1-11-9-13(18)3-4-14(11)28(26,27)25-7-5-24(6-8-25)16-10-15(17(19,20)21)22-12(2)23-16/h3-4,9-10H,5-8H2,1-2H3. The second-order valence-electron chi connectivity index (χ2n) is 6.46. The minimum Gasteiger partial charge on any atom is -0.354 e. The van der Waals surface area contributed by atoms with Gasteiger partial charge in [0.25, 0.3) is 0 Å². The van der Waals surface area contributed by atoms with Gasteiger partial charge in [-0.15, -0.1) is 0 Å². The summed E-state index contributed by atoms with van der Waals surface area (Å²) in [7, 11) is -3.83. The van der Waals surface area contributed by atoms with Gasteiger partial charge in [0, 0.05) is 32.2 Å². The van der Waals surface area contributed by atoms with E-state index >= 15 is 0 Å². The van der Waals surface area contributed by atoms with Crippen molar-refractivity contribution in [3.63, 3.8) is 0 Å². The van der Waals surface area contributed by atoms with Crippen molar-refractivity contribution < 1.29 is 26.0 Å². The molecule has 1 saturated heterocycles. The number of hydrogen-bond acceptors (Lipinski definition) is 5. The molecule has 6 nitrogen and oxygen atoms in total. The third kappa shape index (κ3) is 4.09. The molecule has 0 amide bonds. The highest BCUT2D eigenvalue weighted by Crippen LogP contribution is 2.30. The molecule has 0 atom stereocenters. The summed E-state index contributed by atoms with van der Waals surface area (Å²) in [4.78, 5) is 9.06. The summed E-state index contributed by atoms with van der Waals surface area (Å²) in [5.74, 6) is -0.433. The molecule has 0 aliphatic carbocycles. The van der Waals surface area contributed by atoms with E-state index < -0.39 is 27.7 Å². The van der Waals surface area contributed by atoms with Crippen LogP contribution >= 0.6 is 0 Å². The molecule has 0 radical (unpaired) electrons. The average Bonchev–Trinajstić information content (AvgIpc) is 2.60. The van der Waals surface area contributed by atoms with Gasteiger partial charge in [-0.3, -0.25) is 0 Å². The third-order valence-corrected chi connectivity index (χ3v) is 6.49. The summed E-state index contributed by atoms with van der Waals surface area (Å²) in [6.07, 6.45) is -4.59. The maximum Gasteiger partial charge on any atom is 0.433 e. The van der Waals surface area contributed by atoms with E-state index in [0.29, 0.717) is 5.56 Å². The number of nitrogens with zero attached hydrogens (tertiary/aromatic N) is 4. The first-order valence-electron chi connectivity index (χ1n) is 8.42. The third-order valence-electron chi connectivity index (χ3n) is 4.43. The number of sulfonamides is 1. The molecular weight excluding hydrogens is 400 g/mol. The van der Waals surface area contributed by atoms with Gasteiger partial charge in [-0.2, -0.15) is 17.5 Å². The quantitative estimate of drug-likeness (QED) is 0.718. The maximum absolute atomic E-state index is 13.3. The fraction of sp³-hybridized carbons (Fsp3) is 0.412. The Labute approximate surface area is 159 Å². The van der Waals surface area contributed by atoms with Crippen molar-refractivity contribution in [1.82, 2.24) is 14.3 Å². The van der Waals surface area contributed by atoms with Gasteiger partial charge in [0.2, 0.25) is 10.0 Å². The molecular formula is C17H18F4N4O2S. The van der Waals surface area contributed by atoms with Crippen molar-refractivity contribution in [3.8, 4) is 0 Å². The first-order chi connectivity index (χ1) is 13.0. The summed E-state index contributed by atoms with van der Waals surface area (Å²) < 4.78 is 79.0.